The summed E-state index contributed by atoms with van der Waals surface area (Å²) in [5.41, 5.74) is 6.67. The number of nitrogens with zero attached hydrogens (tertiary/aromatic N) is 1. The van der Waals surface area contributed by atoms with Crippen LogP contribution in [0.5, 0.6) is 0 Å². The van der Waals surface area contributed by atoms with Crippen molar-refractivity contribution in [1.29, 1.82) is 5.26 Å². The molecule has 2 nitrogen and oxygen atoms in total. The molecule has 2 N–H and O–H groups in total. The number of hydrogen-bond donors (Lipinski definition) is 1. The van der Waals surface area contributed by atoms with Gasteiger partial charge in [0, 0.05) is 10.3 Å². The van der Waals surface area contributed by atoms with E-state index >= 15 is 0 Å². The fraction of sp³-hybridized carbons (Fsp3) is 0.643. The lowest BCUT2D eigenvalue weighted by Gasteiger charge is -2.36. The number of nitrogen functional groups attached to an aromatic ring is 1. The van der Waals surface area contributed by atoms with Gasteiger partial charge in [0.2, 0.25) is 0 Å². The maximum Gasteiger partial charge on any atom is 0.110 e. The number of aryl methyl sites for hydroxylation is 1. The third-order valence-corrected chi connectivity index (χ3v) is 4.82. The van der Waals surface area contributed by atoms with Crippen molar-refractivity contribution in [2.75, 3.05) is 5.73 Å². The number of alkyl halides is 1. The SMILES string of the molecule is CC.CCC1(C)c2c(sc(N)c2C#N)CCC1F. The highest BCUT2D eigenvalue weighted by Crippen LogP contribution is 2.48. The zero-order valence-electron chi connectivity index (χ0n) is 11.5. The molecule has 0 radical (unpaired) electrons. The molecule has 0 saturated heterocycles. The van der Waals surface area contributed by atoms with Gasteiger partial charge in [0.25, 0.3) is 0 Å². The number of halogens is 1. The van der Waals surface area contributed by atoms with Crippen LogP contribution in [-0.2, 0) is 11.8 Å². The summed E-state index contributed by atoms with van der Waals surface area (Å²) in [4.78, 5) is 1.10. The zero-order chi connectivity index (χ0) is 13.9. The van der Waals surface area contributed by atoms with Crippen molar-refractivity contribution < 1.29 is 4.39 Å². The third-order valence-electron chi connectivity index (χ3n) is 3.74. The number of rotatable bonds is 1. The van der Waals surface area contributed by atoms with Crippen LogP contribution in [0.2, 0.25) is 0 Å². The third kappa shape index (κ3) is 2.12. The average molecular weight is 268 g/mol. The van der Waals surface area contributed by atoms with Crippen LogP contribution < -0.4 is 5.73 Å². The van der Waals surface area contributed by atoms with Gasteiger partial charge in [-0.2, -0.15) is 5.26 Å². The first kappa shape index (κ1) is 15.0. The molecule has 0 spiro atoms. The van der Waals surface area contributed by atoms with Crippen LogP contribution >= 0.6 is 11.3 Å². The highest BCUT2D eigenvalue weighted by atomic mass is 32.1. The van der Waals surface area contributed by atoms with Crippen LogP contribution in [0.25, 0.3) is 0 Å². The fourth-order valence-electron chi connectivity index (χ4n) is 2.52. The summed E-state index contributed by atoms with van der Waals surface area (Å²) in [6.07, 6.45) is 1.09. The van der Waals surface area contributed by atoms with Gasteiger partial charge in [-0.25, -0.2) is 4.39 Å². The van der Waals surface area contributed by atoms with Crippen molar-refractivity contribution in [2.24, 2.45) is 0 Å². The van der Waals surface area contributed by atoms with E-state index in [-0.39, 0.29) is 0 Å². The van der Waals surface area contributed by atoms with E-state index in [1.165, 1.54) is 11.3 Å². The van der Waals surface area contributed by atoms with E-state index in [9.17, 15) is 4.39 Å². The summed E-state index contributed by atoms with van der Waals surface area (Å²) in [5.74, 6) is 0. The number of anilines is 1. The zero-order valence-corrected chi connectivity index (χ0v) is 12.3. The molecule has 0 aromatic carbocycles. The molecule has 0 fully saturated rings. The van der Waals surface area contributed by atoms with Gasteiger partial charge in [0.05, 0.1) is 5.56 Å². The molecule has 1 aromatic heterocycles. The topological polar surface area (TPSA) is 49.8 Å². The molecule has 1 aliphatic carbocycles. The molecule has 0 aliphatic heterocycles. The van der Waals surface area contributed by atoms with Crippen LogP contribution in [-0.4, -0.2) is 6.17 Å². The van der Waals surface area contributed by atoms with Gasteiger partial charge in [0.1, 0.15) is 17.2 Å². The van der Waals surface area contributed by atoms with E-state index in [2.05, 4.69) is 6.07 Å². The highest BCUT2D eigenvalue weighted by molar-refractivity contribution is 7.16. The maximum atomic E-state index is 14.1. The Bertz CT molecular complexity index is 461. The van der Waals surface area contributed by atoms with Crippen LogP contribution in [0.15, 0.2) is 0 Å². The number of fused-ring (bicyclic) bond motifs is 1. The van der Waals surface area contributed by atoms with Gasteiger partial charge in [0.15, 0.2) is 0 Å². The standard InChI is InChI=1S/C12H15FN2S.C2H6/c1-3-12(2)9(13)5-4-8-10(12)7(6-14)11(15)16-8;1-2/h9H,3-5,15H2,1-2H3;1-2H3. The van der Waals surface area contributed by atoms with Crippen LogP contribution in [0.3, 0.4) is 0 Å². The summed E-state index contributed by atoms with van der Waals surface area (Å²) in [5, 5.41) is 9.67. The number of nitriles is 1. The number of thiophene rings is 1. The number of nitrogens with two attached hydrogens (primary N) is 1. The number of hydrogen-bond acceptors (Lipinski definition) is 3. The Morgan fingerprint density at radius 2 is 2.17 bits per heavy atom. The van der Waals surface area contributed by atoms with Crippen molar-refractivity contribution >= 4 is 16.3 Å². The summed E-state index contributed by atoms with van der Waals surface area (Å²) >= 11 is 1.45. The van der Waals surface area contributed by atoms with Crippen molar-refractivity contribution in [2.45, 2.75) is 58.5 Å². The van der Waals surface area contributed by atoms with Crippen molar-refractivity contribution in [1.82, 2.24) is 0 Å². The van der Waals surface area contributed by atoms with Gasteiger partial charge in [-0.15, -0.1) is 11.3 Å². The van der Waals surface area contributed by atoms with Crippen LogP contribution in [0.1, 0.15) is 56.5 Å². The molecular weight excluding hydrogens is 247 g/mol. The lowest BCUT2D eigenvalue weighted by atomic mass is 9.69. The lowest BCUT2D eigenvalue weighted by molar-refractivity contribution is 0.171. The van der Waals surface area contributed by atoms with Crippen molar-refractivity contribution in [3.05, 3.63) is 16.0 Å². The molecule has 0 saturated carbocycles. The molecule has 2 unspecified atom stereocenters. The van der Waals surface area contributed by atoms with Gasteiger partial charge in [-0.05, 0) is 24.8 Å². The molecule has 2 atom stereocenters. The molecule has 4 heteroatoms. The summed E-state index contributed by atoms with van der Waals surface area (Å²) in [7, 11) is 0. The first-order valence-electron chi connectivity index (χ1n) is 6.50. The van der Waals surface area contributed by atoms with Gasteiger partial charge >= 0.3 is 0 Å². The quantitative estimate of drug-likeness (QED) is 0.830. The fourth-order valence-corrected chi connectivity index (χ4v) is 3.69. The maximum absolute atomic E-state index is 14.1. The predicted molar refractivity (Wildman–Crippen MR) is 75.7 cm³/mol. The molecule has 1 aliphatic rings. The normalized spacial score (nSPS) is 25.7. The molecule has 1 aromatic rings. The first-order chi connectivity index (χ1) is 8.54. The minimum absolute atomic E-state index is 0.506. The van der Waals surface area contributed by atoms with Gasteiger partial charge in [-0.3, -0.25) is 0 Å². The Balaban J connectivity index is 0.000000771. The molecule has 18 heavy (non-hydrogen) atoms. The molecule has 0 bridgehead atoms. The van der Waals surface area contributed by atoms with E-state index in [1.54, 1.807) is 0 Å². The largest absolute Gasteiger partial charge is 0.389 e. The minimum atomic E-state index is -0.869. The molecule has 1 heterocycles. The first-order valence-corrected chi connectivity index (χ1v) is 7.32. The summed E-state index contributed by atoms with van der Waals surface area (Å²) in [6, 6.07) is 2.13. The second kappa shape index (κ2) is 5.71. The Morgan fingerprint density at radius 1 is 1.56 bits per heavy atom. The second-order valence-electron chi connectivity index (χ2n) is 4.53. The molecule has 0 amide bonds. The van der Waals surface area contributed by atoms with Crippen molar-refractivity contribution in [3.63, 3.8) is 0 Å². The monoisotopic (exact) mass is 268 g/mol. The molecular formula is C14H21FN2S. The Morgan fingerprint density at radius 3 is 2.67 bits per heavy atom. The van der Waals surface area contributed by atoms with E-state index in [1.807, 2.05) is 27.7 Å². The lowest BCUT2D eigenvalue weighted by Crippen LogP contribution is -2.37. The Kier molecular flexibility index (Phi) is 4.75. The highest BCUT2D eigenvalue weighted by Gasteiger charge is 2.43. The van der Waals surface area contributed by atoms with Crippen LogP contribution in [0, 0.1) is 11.3 Å². The van der Waals surface area contributed by atoms with E-state index in [0.717, 1.165) is 10.4 Å². The summed E-state index contributed by atoms with van der Waals surface area (Å²) < 4.78 is 14.1. The minimum Gasteiger partial charge on any atom is -0.389 e. The van der Waals surface area contributed by atoms with Gasteiger partial charge in [-0.1, -0.05) is 27.7 Å². The van der Waals surface area contributed by atoms with E-state index in [4.69, 9.17) is 11.0 Å². The smallest absolute Gasteiger partial charge is 0.110 e. The van der Waals surface area contributed by atoms with Crippen LogP contribution in [0.4, 0.5) is 9.39 Å². The van der Waals surface area contributed by atoms with E-state index in [0.29, 0.717) is 29.8 Å². The Labute approximate surface area is 113 Å². The predicted octanol–water partition coefficient (Wildman–Crippen LogP) is 4.18. The molecule has 2 rings (SSSR count). The van der Waals surface area contributed by atoms with Gasteiger partial charge < -0.3 is 5.73 Å². The van der Waals surface area contributed by atoms with Crippen molar-refractivity contribution in [3.8, 4) is 6.07 Å². The second-order valence-corrected chi connectivity index (χ2v) is 5.67. The van der Waals surface area contributed by atoms with E-state index < -0.39 is 11.6 Å². The average Bonchev–Trinajstić information content (AvgIpc) is 2.73. The Hall–Kier alpha value is -1.08. The summed E-state index contributed by atoms with van der Waals surface area (Å²) in [6.45, 7) is 7.87. The molecule has 100 valence electrons.